The van der Waals surface area contributed by atoms with Gasteiger partial charge in [-0.25, -0.2) is 0 Å². The zero-order chi connectivity index (χ0) is 15.0. The Balaban J connectivity index is 2.62. The molecule has 1 rings (SSSR count). The van der Waals surface area contributed by atoms with E-state index in [1.807, 2.05) is 37.4 Å². The van der Waals surface area contributed by atoms with Crippen LogP contribution in [-0.4, -0.2) is 42.5 Å². The predicted molar refractivity (Wildman–Crippen MR) is 85.1 cm³/mol. The van der Waals surface area contributed by atoms with Crippen molar-refractivity contribution >= 4 is 17.7 Å². The SMILES string of the molecule is CCN(Cc1ccc(OC)cc1)C(=O)[C@H](N)CCSC. The maximum Gasteiger partial charge on any atom is 0.239 e. The van der Waals surface area contributed by atoms with Gasteiger partial charge in [-0.2, -0.15) is 11.8 Å². The molecule has 0 aromatic heterocycles. The average molecular weight is 296 g/mol. The standard InChI is InChI=1S/C15H24N2O2S/c1-4-17(15(18)14(16)9-10-20-3)11-12-5-7-13(19-2)8-6-12/h5-8,14H,4,9-11,16H2,1-3H3/t14-/m1/s1. The van der Waals surface area contributed by atoms with Crippen LogP contribution in [0.2, 0.25) is 0 Å². The molecule has 1 atom stereocenters. The molecule has 0 aliphatic heterocycles. The Bertz CT molecular complexity index is 409. The van der Waals surface area contributed by atoms with Crippen LogP contribution in [0.25, 0.3) is 0 Å². The highest BCUT2D eigenvalue weighted by atomic mass is 32.2. The Morgan fingerprint density at radius 3 is 2.55 bits per heavy atom. The van der Waals surface area contributed by atoms with Crippen molar-refractivity contribution in [2.45, 2.75) is 25.9 Å². The summed E-state index contributed by atoms with van der Waals surface area (Å²) in [5, 5.41) is 0. The van der Waals surface area contributed by atoms with E-state index in [0.717, 1.165) is 23.5 Å². The first-order valence-electron chi connectivity index (χ1n) is 6.78. The molecular formula is C15H24N2O2S. The smallest absolute Gasteiger partial charge is 0.239 e. The van der Waals surface area contributed by atoms with Crippen LogP contribution < -0.4 is 10.5 Å². The van der Waals surface area contributed by atoms with Crippen molar-refractivity contribution in [1.29, 1.82) is 0 Å². The summed E-state index contributed by atoms with van der Waals surface area (Å²) in [4.78, 5) is 14.1. The lowest BCUT2D eigenvalue weighted by Crippen LogP contribution is -2.43. The summed E-state index contributed by atoms with van der Waals surface area (Å²) in [5.74, 6) is 1.75. The molecule has 0 radical (unpaired) electrons. The van der Waals surface area contributed by atoms with Crippen LogP contribution in [0.4, 0.5) is 0 Å². The second-order valence-corrected chi connectivity index (χ2v) is 5.57. The van der Waals surface area contributed by atoms with Gasteiger partial charge >= 0.3 is 0 Å². The van der Waals surface area contributed by atoms with Gasteiger partial charge in [-0.15, -0.1) is 0 Å². The van der Waals surface area contributed by atoms with E-state index >= 15 is 0 Å². The number of benzene rings is 1. The average Bonchev–Trinajstić information content (AvgIpc) is 2.50. The lowest BCUT2D eigenvalue weighted by Gasteiger charge is -2.24. The Morgan fingerprint density at radius 1 is 1.40 bits per heavy atom. The third-order valence-electron chi connectivity index (χ3n) is 3.18. The molecule has 0 fully saturated rings. The van der Waals surface area contributed by atoms with Gasteiger partial charge in [-0.05, 0) is 43.0 Å². The third kappa shape index (κ3) is 5.06. The van der Waals surface area contributed by atoms with Crippen LogP contribution in [0.15, 0.2) is 24.3 Å². The van der Waals surface area contributed by atoms with Crippen LogP contribution in [0.5, 0.6) is 5.75 Å². The summed E-state index contributed by atoms with van der Waals surface area (Å²) in [5.41, 5.74) is 7.04. The van der Waals surface area contributed by atoms with E-state index in [1.165, 1.54) is 0 Å². The van der Waals surface area contributed by atoms with Gasteiger partial charge in [0.25, 0.3) is 0 Å². The molecule has 4 nitrogen and oxygen atoms in total. The van der Waals surface area contributed by atoms with Gasteiger partial charge in [0.05, 0.1) is 13.2 Å². The molecule has 0 heterocycles. The molecule has 0 spiro atoms. The van der Waals surface area contributed by atoms with Gasteiger partial charge < -0.3 is 15.4 Å². The van der Waals surface area contributed by atoms with Gasteiger partial charge in [0.15, 0.2) is 0 Å². The molecule has 1 amide bonds. The molecular weight excluding hydrogens is 272 g/mol. The number of nitrogens with two attached hydrogens (primary N) is 1. The minimum Gasteiger partial charge on any atom is -0.497 e. The number of likely N-dealkylation sites (N-methyl/N-ethyl adjacent to an activating group) is 1. The summed E-state index contributed by atoms with van der Waals surface area (Å²) in [7, 11) is 1.64. The molecule has 0 saturated heterocycles. The van der Waals surface area contributed by atoms with Crippen LogP contribution in [0, 0.1) is 0 Å². The number of hydrogen-bond acceptors (Lipinski definition) is 4. The van der Waals surface area contributed by atoms with Crippen molar-refractivity contribution in [2.75, 3.05) is 25.7 Å². The fraction of sp³-hybridized carbons (Fsp3) is 0.533. The predicted octanol–water partition coefficient (Wildman–Crippen LogP) is 2.12. The van der Waals surface area contributed by atoms with Crippen molar-refractivity contribution < 1.29 is 9.53 Å². The van der Waals surface area contributed by atoms with Gasteiger partial charge in [0.2, 0.25) is 5.91 Å². The molecule has 5 heteroatoms. The van der Waals surface area contributed by atoms with E-state index in [4.69, 9.17) is 10.5 Å². The lowest BCUT2D eigenvalue weighted by molar-refractivity contribution is -0.133. The second-order valence-electron chi connectivity index (χ2n) is 4.59. The van der Waals surface area contributed by atoms with E-state index in [2.05, 4.69) is 0 Å². The first-order chi connectivity index (χ1) is 9.62. The van der Waals surface area contributed by atoms with Crippen molar-refractivity contribution in [3.05, 3.63) is 29.8 Å². The molecule has 0 aliphatic rings. The Kier molecular flexibility index (Phi) is 7.47. The van der Waals surface area contributed by atoms with E-state index in [-0.39, 0.29) is 5.91 Å². The molecule has 112 valence electrons. The Labute approximate surface area is 125 Å². The van der Waals surface area contributed by atoms with E-state index in [9.17, 15) is 4.79 Å². The van der Waals surface area contributed by atoms with E-state index < -0.39 is 6.04 Å². The fourth-order valence-electron chi connectivity index (χ4n) is 1.90. The minimum atomic E-state index is -0.402. The summed E-state index contributed by atoms with van der Waals surface area (Å²) < 4.78 is 5.13. The molecule has 20 heavy (non-hydrogen) atoms. The molecule has 0 aliphatic carbocycles. The second kappa shape index (κ2) is 8.87. The minimum absolute atomic E-state index is 0.0253. The topological polar surface area (TPSA) is 55.6 Å². The van der Waals surface area contributed by atoms with Gasteiger partial charge in [-0.3, -0.25) is 4.79 Å². The van der Waals surface area contributed by atoms with Crippen molar-refractivity contribution in [1.82, 2.24) is 4.90 Å². The summed E-state index contributed by atoms with van der Waals surface area (Å²) in [6.45, 7) is 3.23. The number of hydrogen-bond donors (Lipinski definition) is 1. The fourth-order valence-corrected chi connectivity index (χ4v) is 2.39. The van der Waals surface area contributed by atoms with Crippen LogP contribution in [0.1, 0.15) is 18.9 Å². The van der Waals surface area contributed by atoms with E-state index in [0.29, 0.717) is 13.1 Å². The van der Waals surface area contributed by atoms with E-state index in [1.54, 1.807) is 23.8 Å². The van der Waals surface area contributed by atoms with Crippen molar-refractivity contribution in [3.8, 4) is 5.75 Å². The highest BCUT2D eigenvalue weighted by Gasteiger charge is 2.19. The number of rotatable bonds is 8. The van der Waals surface area contributed by atoms with Gasteiger partial charge in [0.1, 0.15) is 5.75 Å². The zero-order valence-corrected chi connectivity index (χ0v) is 13.3. The van der Waals surface area contributed by atoms with Crippen LogP contribution in [-0.2, 0) is 11.3 Å². The number of methoxy groups -OCH3 is 1. The number of thioether (sulfide) groups is 1. The number of nitrogens with zero attached hydrogens (tertiary/aromatic N) is 1. The largest absolute Gasteiger partial charge is 0.497 e. The van der Waals surface area contributed by atoms with Crippen LogP contribution in [0.3, 0.4) is 0 Å². The lowest BCUT2D eigenvalue weighted by atomic mass is 10.1. The summed E-state index contributed by atoms with van der Waals surface area (Å²) >= 11 is 1.71. The summed E-state index contributed by atoms with van der Waals surface area (Å²) in [6, 6.07) is 7.35. The molecule has 0 unspecified atom stereocenters. The van der Waals surface area contributed by atoms with Crippen molar-refractivity contribution in [2.24, 2.45) is 5.73 Å². The Morgan fingerprint density at radius 2 is 2.05 bits per heavy atom. The highest BCUT2D eigenvalue weighted by molar-refractivity contribution is 7.98. The Hall–Kier alpha value is -1.20. The number of carbonyl (C=O) groups excluding carboxylic acids is 1. The maximum atomic E-state index is 12.3. The molecule has 2 N–H and O–H groups in total. The number of amides is 1. The highest BCUT2D eigenvalue weighted by Crippen LogP contribution is 2.14. The zero-order valence-electron chi connectivity index (χ0n) is 12.5. The number of ether oxygens (including phenoxy) is 1. The molecule has 1 aromatic carbocycles. The maximum absolute atomic E-state index is 12.3. The van der Waals surface area contributed by atoms with Gasteiger partial charge in [-0.1, -0.05) is 12.1 Å². The van der Waals surface area contributed by atoms with Gasteiger partial charge in [0, 0.05) is 13.1 Å². The van der Waals surface area contributed by atoms with Crippen LogP contribution >= 0.6 is 11.8 Å². The molecule has 0 bridgehead atoms. The third-order valence-corrected chi connectivity index (χ3v) is 3.82. The summed E-state index contributed by atoms with van der Waals surface area (Å²) in [6.07, 6.45) is 2.74. The van der Waals surface area contributed by atoms with Crippen molar-refractivity contribution in [3.63, 3.8) is 0 Å². The monoisotopic (exact) mass is 296 g/mol. The first kappa shape index (κ1) is 16.9. The first-order valence-corrected chi connectivity index (χ1v) is 8.18. The number of carbonyl (C=O) groups is 1. The quantitative estimate of drug-likeness (QED) is 0.798. The normalized spacial score (nSPS) is 12.0. The molecule has 1 aromatic rings. The molecule has 0 saturated carbocycles.